The van der Waals surface area contributed by atoms with E-state index in [9.17, 15) is 13.6 Å². The monoisotopic (exact) mass is 215 g/mol. The Bertz CT molecular complexity index is 368. The number of rotatable bonds is 4. The molecule has 3 nitrogen and oxygen atoms in total. The molecule has 0 spiro atoms. The molecule has 0 bridgehead atoms. The molecule has 0 aliphatic rings. The largest absolute Gasteiger partial charge is 0.480 e. The van der Waals surface area contributed by atoms with Crippen LogP contribution in [0.25, 0.3) is 0 Å². The van der Waals surface area contributed by atoms with Gasteiger partial charge in [0.25, 0.3) is 0 Å². The normalized spacial score (nSPS) is 10.7. The number of carboxylic acid groups (broad SMARTS) is 1. The fraction of sp³-hybridized carbons (Fsp3) is 0.300. The number of carbonyl (C=O) groups is 1. The van der Waals surface area contributed by atoms with Crippen LogP contribution in [0.4, 0.5) is 8.78 Å². The lowest BCUT2D eigenvalue weighted by Gasteiger charge is -2.14. The Morgan fingerprint density at radius 2 is 2.13 bits per heavy atom. The molecule has 0 radical (unpaired) electrons. The van der Waals surface area contributed by atoms with Gasteiger partial charge in [0.2, 0.25) is 0 Å². The maximum atomic E-state index is 13.2. The van der Waals surface area contributed by atoms with Crippen molar-refractivity contribution in [1.82, 2.24) is 4.90 Å². The van der Waals surface area contributed by atoms with Gasteiger partial charge in [-0.05, 0) is 13.1 Å². The molecule has 15 heavy (non-hydrogen) atoms. The van der Waals surface area contributed by atoms with Gasteiger partial charge in [0.05, 0.1) is 6.54 Å². The highest BCUT2D eigenvalue weighted by Crippen LogP contribution is 2.12. The summed E-state index contributed by atoms with van der Waals surface area (Å²) in [6, 6.07) is 3.84. The fourth-order valence-corrected chi connectivity index (χ4v) is 1.25. The minimum absolute atomic E-state index is 0.0654. The predicted octanol–water partition coefficient (Wildman–Crippen LogP) is 1.48. The molecular formula is C10H11F2NO2. The van der Waals surface area contributed by atoms with Gasteiger partial charge in [0.1, 0.15) is 0 Å². The molecule has 0 amide bonds. The maximum Gasteiger partial charge on any atom is 0.317 e. The molecule has 82 valence electrons. The zero-order valence-corrected chi connectivity index (χ0v) is 8.20. The van der Waals surface area contributed by atoms with Crippen molar-refractivity contribution in [2.45, 2.75) is 6.54 Å². The van der Waals surface area contributed by atoms with E-state index in [1.54, 1.807) is 0 Å². The summed E-state index contributed by atoms with van der Waals surface area (Å²) in [6.45, 7) is -0.147. The number of hydrogen-bond donors (Lipinski definition) is 1. The van der Waals surface area contributed by atoms with Crippen LogP contribution in [0.1, 0.15) is 5.56 Å². The van der Waals surface area contributed by atoms with E-state index >= 15 is 0 Å². The highest BCUT2D eigenvalue weighted by atomic mass is 19.2. The van der Waals surface area contributed by atoms with Gasteiger partial charge < -0.3 is 5.11 Å². The molecule has 0 atom stereocenters. The van der Waals surface area contributed by atoms with Crippen molar-refractivity contribution >= 4 is 5.97 Å². The van der Waals surface area contributed by atoms with Gasteiger partial charge in [-0.3, -0.25) is 9.69 Å². The number of aliphatic carboxylic acids is 1. The van der Waals surface area contributed by atoms with Gasteiger partial charge in [-0.2, -0.15) is 0 Å². The second kappa shape index (κ2) is 4.84. The number of hydrogen-bond acceptors (Lipinski definition) is 2. The Balaban J connectivity index is 2.72. The van der Waals surface area contributed by atoms with Crippen LogP contribution in [0.3, 0.4) is 0 Å². The molecule has 0 aliphatic heterocycles. The van der Waals surface area contributed by atoms with Crippen molar-refractivity contribution in [3.63, 3.8) is 0 Å². The highest BCUT2D eigenvalue weighted by molar-refractivity contribution is 5.69. The summed E-state index contributed by atoms with van der Waals surface area (Å²) in [6.07, 6.45) is 0. The fourth-order valence-electron chi connectivity index (χ4n) is 1.25. The molecule has 0 fully saturated rings. The van der Waals surface area contributed by atoms with Gasteiger partial charge in [0, 0.05) is 12.1 Å². The van der Waals surface area contributed by atoms with Crippen molar-refractivity contribution in [1.29, 1.82) is 0 Å². The molecule has 5 heteroatoms. The summed E-state index contributed by atoms with van der Waals surface area (Å²) in [5.41, 5.74) is 0.152. The van der Waals surface area contributed by atoms with E-state index in [4.69, 9.17) is 5.11 Å². The molecule has 0 saturated carbocycles. The molecule has 1 N–H and O–H groups in total. The number of carboxylic acids is 1. The van der Waals surface area contributed by atoms with Crippen molar-refractivity contribution in [2.24, 2.45) is 0 Å². The molecule has 0 aliphatic carbocycles. The molecular weight excluding hydrogens is 204 g/mol. The van der Waals surface area contributed by atoms with Gasteiger partial charge in [0.15, 0.2) is 11.6 Å². The van der Waals surface area contributed by atoms with Gasteiger partial charge in [-0.1, -0.05) is 12.1 Å². The van der Waals surface area contributed by atoms with E-state index in [1.165, 1.54) is 24.1 Å². The van der Waals surface area contributed by atoms with Gasteiger partial charge in [-0.25, -0.2) is 8.78 Å². The summed E-state index contributed by atoms with van der Waals surface area (Å²) in [7, 11) is 1.53. The van der Waals surface area contributed by atoms with E-state index in [1.807, 2.05) is 0 Å². The lowest BCUT2D eigenvalue weighted by atomic mass is 10.2. The van der Waals surface area contributed by atoms with Crippen LogP contribution in [0.5, 0.6) is 0 Å². The maximum absolute atomic E-state index is 13.2. The SMILES string of the molecule is CN(CC(=O)O)Cc1cccc(F)c1F. The van der Waals surface area contributed by atoms with Crippen molar-refractivity contribution in [3.05, 3.63) is 35.4 Å². The van der Waals surface area contributed by atoms with E-state index < -0.39 is 17.6 Å². The van der Waals surface area contributed by atoms with Crippen LogP contribution in [0.2, 0.25) is 0 Å². The first kappa shape index (κ1) is 11.6. The molecule has 0 saturated heterocycles. The van der Waals surface area contributed by atoms with E-state index in [0.717, 1.165) is 6.07 Å². The Kier molecular flexibility index (Phi) is 3.74. The summed E-state index contributed by atoms with van der Waals surface area (Å²) < 4.78 is 25.9. The summed E-state index contributed by atoms with van der Waals surface area (Å²) >= 11 is 0. The number of likely N-dealkylation sites (N-methyl/N-ethyl adjacent to an activating group) is 1. The lowest BCUT2D eigenvalue weighted by Crippen LogP contribution is -2.25. The van der Waals surface area contributed by atoms with Crippen LogP contribution in [0.15, 0.2) is 18.2 Å². The van der Waals surface area contributed by atoms with E-state index in [2.05, 4.69) is 0 Å². The Morgan fingerprint density at radius 1 is 1.47 bits per heavy atom. The average Bonchev–Trinajstić information content (AvgIpc) is 2.11. The summed E-state index contributed by atoms with van der Waals surface area (Å²) in [4.78, 5) is 11.7. The number of halogens is 2. The zero-order valence-electron chi connectivity index (χ0n) is 8.20. The Hall–Kier alpha value is -1.49. The van der Waals surface area contributed by atoms with E-state index in [0.29, 0.717) is 0 Å². The van der Waals surface area contributed by atoms with Crippen LogP contribution in [-0.4, -0.2) is 29.6 Å². The van der Waals surface area contributed by atoms with Gasteiger partial charge in [-0.15, -0.1) is 0 Å². The topological polar surface area (TPSA) is 40.5 Å². The first-order valence-electron chi connectivity index (χ1n) is 4.34. The second-order valence-corrected chi connectivity index (χ2v) is 3.28. The van der Waals surface area contributed by atoms with Crippen LogP contribution >= 0.6 is 0 Å². The number of benzene rings is 1. The Morgan fingerprint density at radius 3 is 2.73 bits per heavy atom. The van der Waals surface area contributed by atoms with Gasteiger partial charge >= 0.3 is 5.97 Å². The molecule has 1 aromatic rings. The first-order chi connectivity index (χ1) is 7.00. The summed E-state index contributed by atoms with van der Waals surface area (Å²) in [5, 5.41) is 8.48. The molecule has 0 aromatic heterocycles. The third kappa shape index (κ3) is 3.28. The van der Waals surface area contributed by atoms with Crippen LogP contribution < -0.4 is 0 Å². The lowest BCUT2D eigenvalue weighted by molar-refractivity contribution is -0.138. The molecule has 1 rings (SSSR count). The minimum atomic E-state index is -1.01. The Labute approximate surface area is 85.9 Å². The van der Waals surface area contributed by atoms with Crippen LogP contribution in [-0.2, 0) is 11.3 Å². The van der Waals surface area contributed by atoms with Crippen molar-refractivity contribution < 1.29 is 18.7 Å². The molecule has 0 heterocycles. The van der Waals surface area contributed by atoms with Crippen molar-refractivity contribution in [3.8, 4) is 0 Å². The third-order valence-electron chi connectivity index (χ3n) is 1.88. The smallest absolute Gasteiger partial charge is 0.317 e. The third-order valence-corrected chi connectivity index (χ3v) is 1.88. The zero-order chi connectivity index (χ0) is 11.4. The summed E-state index contributed by atoms with van der Waals surface area (Å²) in [5.74, 6) is -2.85. The average molecular weight is 215 g/mol. The standard InChI is InChI=1S/C10H11F2NO2/c1-13(6-9(14)15)5-7-3-2-4-8(11)10(7)12/h2-4H,5-6H2,1H3,(H,14,15). The van der Waals surface area contributed by atoms with Crippen LogP contribution in [0, 0.1) is 11.6 Å². The first-order valence-corrected chi connectivity index (χ1v) is 4.34. The quantitative estimate of drug-likeness (QED) is 0.827. The predicted molar refractivity (Wildman–Crippen MR) is 50.3 cm³/mol. The van der Waals surface area contributed by atoms with Crippen molar-refractivity contribution in [2.75, 3.05) is 13.6 Å². The molecule has 0 unspecified atom stereocenters. The molecule has 1 aromatic carbocycles. The number of nitrogens with zero attached hydrogens (tertiary/aromatic N) is 1. The highest BCUT2D eigenvalue weighted by Gasteiger charge is 2.11. The second-order valence-electron chi connectivity index (χ2n) is 3.28. The minimum Gasteiger partial charge on any atom is -0.480 e. The van der Waals surface area contributed by atoms with E-state index in [-0.39, 0.29) is 18.7 Å².